The quantitative estimate of drug-likeness (QED) is 0.484. The van der Waals surface area contributed by atoms with E-state index in [0.717, 1.165) is 25.7 Å². The van der Waals surface area contributed by atoms with E-state index >= 15 is 0 Å². The number of rotatable bonds is 8. The third kappa shape index (κ3) is 9.52. The maximum atomic E-state index is 11.1. The maximum Gasteiger partial charge on any atom is 0.306 e. The van der Waals surface area contributed by atoms with Crippen LogP contribution in [0.5, 0.6) is 0 Å². The fraction of sp³-hybridized carbons (Fsp3) is 0.909. The van der Waals surface area contributed by atoms with E-state index in [2.05, 4.69) is 0 Å². The Balaban J connectivity index is 3.15. The summed E-state index contributed by atoms with van der Waals surface area (Å²) in [5.41, 5.74) is 0. The van der Waals surface area contributed by atoms with Gasteiger partial charge >= 0.3 is 5.97 Å². The van der Waals surface area contributed by atoms with E-state index in [4.69, 9.17) is 9.84 Å². The Hall–Kier alpha value is -0.570. The molecule has 0 atom stereocenters. The number of aliphatic hydroxyl groups excluding tert-OH is 1. The molecule has 0 fully saturated rings. The molecule has 0 aromatic carbocycles. The monoisotopic (exact) mass is 202 g/mol. The molecule has 3 heteroatoms. The number of hydrogen-bond donors (Lipinski definition) is 1. The summed E-state index contributed by atoms with van der Waals surface area (Å²) in [6, 6.07) is 0. The van der Waals surface area contributed by atoms with Gasteiger partial charge < -0.3 is 9.84 Å². The van der Waals surface area contributed by atoms with Crippen molar-refractivity contribution >= 4 is 5.97 Å². The topological polar surface area (TPSA) is 46.5 Å². The van der Waals surface area contributed by atoms with Gasteiger partial charge in [-0.2, -0.15) is 0 Å². The summed E-state index contributed by atoms with van der Waals surface area (Å²) in [4.78, 5) is 11.1. The lowest BCUT2D eigenvalue weighted by Crippen LogP contribution is -2.08. The van der Waals surface area contributed by atoms with Crippen LogP contribution in [0, 0.1) is 5.92 Å². The van der Waals surface area contributed by atoms with Gasteiger partial charge in [-0.05, 0) is 25.2 Å². The fourth-order valence-corrected chi connectivity index (χ4v) is 1.15. The number of hydrogen-bond acceptors (Lipinski definition) is 3. The molecule has 14 heavy (non-hydrogen) atoms. The first-order valence-electron chi connectivity index (χ1n) is 5.43. The lowest BCUT2D eigenvalue weighted by molar-refractivity contribution is -0.144. The summed E-state index contributed by atoms with van der Waals surface area (Å²) < 4.78 is 5.03. The van der Waals surface area contributed by atoms with Crippen molar-refractivity contribution in [3.05, 3.63) is 0 Å². The van der Waals surface area contributed by atoms with Crippen molar-refractivity contribution < 1.29 is 14.6 Å². The van der Waals surface area contributed by atoms with E-state index in [0.29, 0.717) is 18.9 Å². The van der Waals surface area contributed by atoms with Crippen molar-refractivity contribution in [2.24, 2.45) is 5.92 Å². The van der Waals surface area contributed by atoms with Gasteiger partial charge in [0.25, 0.3) is 0 Å². The Morgan fingerprint density at radius 3 is 2.43 bits per heavy atom. The van der Waals surface area contributed by atoms with Gasteiger partial charge in [0.15, 0.2) is 0 Å². The van der Waals surface area contributed by atoms with Crippen LogP contribution in [-0.2, 0) is 9.53 Å². The second-order valence-corrected chi connectivity index (χ2v) is 3.96. The van der Waals surface area contributed by atoms with Gasteiger partial charge in [-0.15, -0.1) is 0 Å². The molecule has 0 radical (unpaired) electrons. The van der Waals surface area contributed by atoms with Crippen molar-refractivity contribution in [1.82, 2.24) is 0 Å². The Bertz CT molecular complexity index is 143. The molecule has 0 aliphatic heterocycles. The van der Waals surface area contributed by atoms with E-state index in [-0.39, 0.29) is 12.6 Å². The Labute approximate surface area is 86.5 Å². The van der Waals surface area contributed by atoms with Crippen LogP contribution in [-0.4, -0.2) is 24.3 Å². The second kappa shape index (κ2) is 9.00. The average Bonchev–Trinajstić information content (AvgIpc) is 2.10. The molecular formula is C11H22O3. The Morgan fingerprint density at radius 1 is 1.21 bits per heavy atom. The minimum atomic E-state index is -0.0952. The zero-order valence-electron chi connectivity index (χ0n) is 9.29. The lowest BCUT2D eigenvalue weighted by atomic mass is 10.1. The molecule has 0 aliphatic carbocycles. The summed E-state index contributed by atoms with van der Waals surface area (Å²) in [6.07, 6.45) is 4.30. The van der Waals surface area contributed by atoms with Crippen LogP contribution in [0.1, 0.15) is 46.0 Å². The number of ether oxygens (including phenoxy) is 1. The predicted octanol–water partition coefficient (Wildman–Crippen LogP) is 2.13. The van der Waals surface area contributed by atoms with Crippen LogP contribution in [0.4, 0.5) is 0 Å². The minimum Gasteiger partial charge on any atom is -0.466 e. The standard InChI is InChI=1S/C11H22O3/c1-10(2)9-11(13)14-8-6-4-3-5-7-12/h10,12H,3-9H2,1-2H3. The van der Waals surface area contributed by atoms with E-state index in [1.165, 1.54) is 0 Å². The third-order valence-corrected chi connectivity index (χ3v) is 1.89. The molecule has 1 N–H and O–H groups in total. The second-order valence-electron chi connectivity index (χ2n) is 3.96. The van der Waals surface area contributed by atoms with Crippen molar-refractivity contribution in [1.29, 1.82) is 0 Å². The third-order valence-electron chi connectivity index (χ3n) is 1.89. The average molecular weight is 202 g/mol. The Kier molecular flexibility index (Phi) is 8.64. The first-order valence-corrected chi connectivity index (χ1v) is 5.43. The number of carbonyl (C=O) groups excluding carboxylic acids is 1. The summed E-state index contributed by atoms with van der Waals surface area (Å²) >= 11 is 0. The molecule has 0 rings (SSSR count). The fourth-order valence-electron chi connectivity index (χ4n) is 1.15. The van der Waals surface area contributed by atoms with E-state index < -0.39 is 0 Å². The highest BCUT2D eigenvalue weighted by molar-refractivity contribution is 5.69. The van der Waals surface area contributed by atoms with E-state index in [1.807, 2.05) is 13.8 Å². The van der Waals surface area contributed by atoms with Crippen molar-refractivity contribution in [3.63, 3.8) is 0 Å². The molecule has 0 spiro atoms. The van der Waals surface area contributed by atoms with Gasteiger partial charge in [0.1, 0.15) is 0 Å². The highest BCUT2D eigenvalue weighted by Crippen LogP contribution is 2.03. The largest absolute Gasteiger partial charge is 0.466 e. The number of unbranched alkanes of at least 4 members (excludes halogenated alkanes) is 3. The van der Waals surface area contributed by atoms with Gasteiger partial charge in [-0.1, -0.05) is 20.3 Å². The molecule has 0 saturated carbocycles. The van der Waals surface area contributed by atoms with Crippen molar-refractivity contribution in [2.75, 3.05) is 13.2 Å². The number of aliphatic hydroxyl groups is 1. The van der Waals surface area contributed by atoms with Crippen LogP contribution in [0.3, 0.4) is 0 Å². The highest BCUT2D eigenvalue weighted by atomic mass is 16.5. The zero-order chi connectivity index (χ0) is 10.8. The Morgan fingerprint density at radius 2 is 1.86 bits per heavy atom. The molecule has 0 bridgehead atoms. The van der Waals surface area contributed by atoms with Gasteiger partial charge in [-0.25, -0.2) is 0 Å². The number of carbonyl (C=O) groups is 1. The van der Waals surface area contributed by atoms with Crippen LogP contribution < -0.4 is 0 Å². The summed E-state index contributed by atoms with van der Waals surface area (Å²) in [7, 11) is 0. The van der Waals surface area contributed by atoms with E-state index in [9.17, 15) is 4.79 Å². The van der Waals surface area contributed by atoms with Crippen molar-refractivity contribution in [2.45, 2.75) is 46.0 Å². The summed E-state index contributed by atoms with van der Waals surface area (Å²) in [5.74, 6) is 0.277. The summed E-state index contributed by atoms with van der Waals surface area (Å²) in [6.45, 7) is 4.79. The zero-order valence-corrected chi connectivity index (χ0v) is 9.29. The molecule has 0 amide bonds. The van der Waals surface area contributed by atoms with Gasteiger partial charge in [0.05, 0.1) is 6.61 Å². The van der Waals surface area contributed by atoms with E-state index in [1.54, 1.807) is 0 Å². The normalized spacial score (nSPS) is 10.6. The molecule has 0 aromatic rings. The highest BCUT2D eigenvalue weighted by Gasteiger charge is 2.04. The first kappa shape index (κ1) is 13.4. The van der Waals surface area contributed by atoms with Gasteiger partial charge in [0, 0.05) is 13.0 Å². The first-order chi connectivity index (χ1) is 6.66. The van der Waals surface area contributed by atoms with Crippen LogP contribution in [0.2, 0.25) is 0 Å². The van der Waals surface area contributed by atoms with Crippen LogP contribution in [0.25, 0.3) is 0 Å². The summed E-state index contributed by atoms with van der Waals surface area (Å²) in [5, 5.41) is 8.52. The maximum absolute atomic E-state index is 11.1. The SMILES string of the molecule is CC(C)CC(=O)OCCCCCCO. The molecule has 0 unspecified atom stereocenters. The predicted molar refractivity (Wildman–Crippen MR) is 56.0 cm³/mol. The van der Waals surface area contributed by atoms with Gasteiger partial charge in [-0.3, -0.25) is 4.79 Å². The molecule has 0 aliphatic rings. The lowest BCUT2D eigenvalue weighted by Gasteiger charge is -2.06. The van der Waals surface area contributed by atoms with Crippen LogP contribution in [0.15, 0.2) is 0 Å². The molecule has 3 nitrogen and oxygen atoms in total. The van der Waals surface area contributed by atoms with Gasteiger partial charge in [0.2, 0.25) is 0 Å². The number of esters is 1. The molecule has 0 saturated heterocycles. The van der Waals surface area contributed by atoms with Crippen molar-refractivity contribution in [3.8, 4) is 0 Å². The molecular weight excluding hydrogens is 180 g/mol. The molecule has 84 valence electrons. The van der Waals surface area contributed by atoms with Crippen LogP contribution >= 0.6 is 0 Å². The molecule has 0 aromatic heterocycles. The minimum absolute atomic E-state index is 0.0952. The smallest absolute Gasteiger partial charge is 0.306 e. The molecule has 0 heterocycles.